The lowest BCUT2D eigenvalue weighted by molar-refractivity contribution is -0.140. The zero-order valence-electron chi connectivity index (χ0n) is 17.5. The highest BCUT2D eigenvalue weighted by Crippen LogP contribution is 2.41. The number of hydrogen-bond acceptors (Lipinski definition) is 4. The van der Waals surface area contributed by atoms with E-state index in [0.29, 0.717) is 28.5 Å². The predicted octanol–water partition coefficient (Wildman–Crippen LogP) is 5.36. The maximum atomic E-state index is 13.1. The Hall–Kier alpha value is -3.57. The summed E-state index contributed by atoms with van der Waals surface area (Å²) in [5.41, 5.74) is 1.96. The van der Waals surface area contributed by atoms with Crippen molar-refractivity contribution in [3.05, 3.63) is 106 Å². The first-order valence-electron chi connectivity index (χ1n) is 10.3. The molecule has 0 saturated carbocycles. The highest BCUT2D eigenvalue weighted by atomic mass is 35.5. The molecule has 1 unspecified atom stereocenters. The number of ether oxygens (including phenoxy) is 1. The lowest BCUT2D eigenvalue weighted by Crippen LogP contribution is -2.29. The first-order valence-corrected chi connectivity index (χ1v) is 10.7. The zero-order chi connectivity index (χ0) is 22.7. The Morgan fingerprint density at radius 3 is 2.47 bits per heavy atom. The van der Waals surface area contributed by atoms with Crippen LogP contribution in [0.3, 0.4) is 0 Å². The Kier molecular flexibility index (Phi) is 6.28. The molecular formula is C26H22ClNO4. The van der Waals surface area contributed by atoms with Crippen LogP contribution in [0.2, 0.25) is 5.02 Å². The monoisotopic (exact) mass is 447 g/mol. The van der Waals surface area contributed by atoms with E-state index in [4.69, 9.17) is 16.3 Å². The van der Waals surface area contributed by atoms with Crippen LogP contribution in [0.1, 0.15) is 29.7 Å². The first kappa shape index (κ1) is 21.7. The second-order valence-corrected chi connectivity index (χ2v) is 7.86. The third-order valence-corrected chi connectivity index (χ3v) is 5.55. The molecule has 1 amide bonds. The summed E-state index contributed by atoms with van der Waals surface area (Å²) in [6.45, 7) is 2.55. The molecule has 162 valence electrons. The fraction of sp³-hybridized carbons (Fsp3) is 0.154. The maximum Gasteiger partial charge on any atom is 0.295 e. The van der Waals surface area contributed by atoms with Gasteiger partial charge in [-0.15, -0.1) is 0 Å². The molecule has 3 aromatic rings. The number of nitrogens with zero attached hydrogens (tertiary/aromatic N) is 1. The Bertz CT molecular complexity index is 1190. The number of amides is 1. The molecular weight excluding hydrogens is 426 g/mol. The largest absolute Gasteiger partial charge is 0.507 e. The molecule has 1 fully saturated rings. The summed E-state index contributed by atoms with van der Waals surface area (Å²) in [5, 5.41) is 11.7. The van der Waals surface area contributed by atoms with Gasteiger partial charge in [0.2, 0.25) is 0 Å². The number of Topliss-reactive ketones (excluding diaryl/α,β-unsaturated/α-hetero) is 1. The second kappa shape index (κ2) is 9.28. The summed E-state index contributed by atoms with van der Waals surface area (Å²) < 4.78 is 5.52. The van der Waals surface area contributed by atoms with Gasteiger partial charge < -0.3 is 14.7 Å². The molecule has 1 atom stereocenters. The van der Waals surface area contributed by atoms with E-state index in [0.717, 1.165) is 5.56 Å². The van der Waals surface area contributed by atoms with Gasteiger partial charge in [-0.2, -0.15) is 0 Å². The van der Waals surface area contributed by atoms with Gasteiger partial charge in [-0.3, -0.25) is 9.59 Å². The van der Waals surface area contributed by atoms with Crippen LogP contribution in [0.4, 0.5) is 0 Å². The minimum absolute atomic E-state index is 0.0295. The molecule has 0 aromatic heterocycles. The molecule has 0 bridgehead atoms. The Morgan fingerprint density at radius 1 is 1.00 bits per heavy atom. The van der Waals surface area contributed by atoms with Crippen LogP contribution in [-0.4, -0.2) is 28.3 Å². The van der Waals surface area contributed by atoms with Gasteiger partial charge in [0, 0.05) is 17.1 Å². The zero-order valence-corrected chi connectivity index (χ0v) is 18.3. The quantitative estimate of drug-likeness (QED) is 0.314. The van der Waals surface area contributed by atoms with E-state index in [1.54, 1.807) is 48.5 Å². The van der Waals surface area contributed by atoms with Gasteiger partial charge >= 0.3 is 0 Å². The number of carbonyl (C=O) groups is 2. The molecule has 5 nitrogen and oxygen atoms in total. The molecule has 1 aliphatic heterocycles. The first-order chi connectivity index (χ1) is 15.5. The Balaban J connectivity index is 1.85. The van der Waals surface area contributed by atoms with Crippen LogP contribution in [0, 0.1) is 0 Å². The molecule has 1 saturated heterocycles. The van der Waals surface area contributed by atoms with Crippen molar-refractivity contribution in [2.75, 3.05) is 6.61 Å². The fourth-order valence-electron chi connectivity index (χ4n) is 3.90. The number of halogens is 1. The second-order valence-electron chi connectivity index (χ2n) is 7.43. The number of aliphatic hydroxyl groups is 1. The third kappa shape index (κ3) is 4.25. The SMILES string of the molecule is CCOc1cccc(C(O)=C2C(=O)C(=O)N(Cc3ccccc3)C2c2cccc(Cl)c2)c1. The summed E-state index contributed by atoms with van der Waals surface area (Å²) >= 11 is 6.22. The minimum atomic E-state index is -0.773. The highest BCUT2D eigenvalue weighted by molar-refractivity contribution is 6.46. The van der Waals surface area contributed by atoms with Gasteiger partial charge in [-0.1, -0.05) is 66.2 Å². The lowest BCUT2D eigenvalue weighted by atomic mass is 9.95. The van der Waals surface area contributed by atoms with Gasteiger partial charge in [-0.05, 0) is 42.3 Å². The molecule has 1 heterocycles. The van der Waals surface area contributed by atoms with Crippen LogP contribution in [-0.2, 0) is 16.1 Å². The summed E-state index contributed by atoms with van der Waals surface area (Å²) in [5.74, 6) is -1.08. The van der Waals surface area contributed by atoms with Gasteiger partial charge in [0.05, 0.1) is 18.2 Å². The minimum Gasteiger partial charge on any atom is -0.507 e. The highest BCUT2D eigenvalue weighted by Gasteiger charge is 2.46. The van der Waals surface area contributed by atoms with Crippen molar-refractivity contribution in [1.82, 2.24) is 4.90 Å². The number of likely N-dealkylation sites (tertiary alicyclic amines) is 1. The third-order valence-electron chi connectivity index (χ3n) is 5.32. The van der Waals surface area contributed by atoms with Gasteiger partial charge in [0.15, 0.2) is 0 Å². The van der Waals surface area contributed by atoms with E-state index in [2.05, 4.69) is 0 Å². The normalized spacial score (nSPS) is 17.6. The smallest absolute Gasteiger partial charge is 0.295 e. The van der Waals surface area contributed by atoms with E-state index in [1.165, 1.54) is 4.90 Å². The molecule has 32 heavy (non-hydrogen) atoms. The molecule has 0 aliphatic carbocycles. The van der Waals surface area contributed by atoms with Crippen LogP contribution in [0.15, 0.2) is 84.4 Å². The molecule has 3 aromatic carbocycles. The molecule has 6 heteroatoms. The number of carbonyl (C=O) groups excluding carboxylic acids is 2. The number of aliphatic hydroxyl groups excluding tert-OH is 1. The van der Waals surface area contributed by atoms with Gasteiger partial charge in [0.1, 0.15) is 11.5 Å². The topological polar surface area (TPSA) is 66.8 Å². The molecule has 1 N–H and O–H groups in total. The predicted molar refractivity (Wildman–Crippen MR) is 123 cm³/mol. The number of ketones is 1. The summed E-state index contributed by atoms with van der Waals surface area (Å²) in [6, 6.07) is 22.5. The van der Waals surface area contributed by atoms with Crippen LogP contribution >= 0.6 is 11.6 Å². The Morgan fingerprint density at radius 2 is 1.75 bits per heavy atom. The van der Waals surface area contributed by atoms with Gasteiger partial charge in [0.25, 0.3) is 11.7 Å². The number of benzene rings is 3. The Labute approximate surface area is 191 Å². The summed E-state index contributed by atoms with van der Waals surface area (Å²) in [4.78, 5) is 27.7. The number of rotatable bonds is 6. The fourth-order valence-corrected chi connectivity index (χ4v) is 4.10. The molecule has 0 radical (unpaired) electrons. The molecule has 4 rings (SSSR count). The van der Waals surface area contributed by atoms with E-state index in [1.807, 2.05) is 37.3 Å². The van der Waals surface area contributed by atoms with E-state index < -0.39 is 17.7 Å². The van der Waals surface area contributed by atoms with Crippen molar-refractivity contribution in [3.8, 4) is 5.75 Å². The van der Waals surface area contributed by atoms with Crippen molar-refractivity contribution in [3.63, 3.8) is 0 Å². The average molecular weight is 448 g/mol. The standard InChI is InChI=1S/C26H22ClNO4/c1-2-32-21-13-7-11-19(15-21)24(29)22-23(18-10-6-12-20(27)14-18)28(26(31)25(22)30)16-17-8-4-3-5-9-17/h3-15,23,29H,2,16H2,1H3. The van der Waals surface area contributed by atoms with Crippen LogP contribution in [0.25, 0.3) is 5.76 Å². The maximum absolute atomic E-state index is 13.1. The van der Waals surface area contributed by atoms with E-state index in [9.17, 15) is 14.7 Å². The molecule has 1 aliphatic rings. The summed E-state index contributed by atoms with van der Waals surface area (Å²) in [6.07, 6.45) is 0. The molecule has 0 spiro atoms. The summed E-state index contributed by atoms with van der Waals surface area (Å²) in [7, 11) is 0. The van der Waals surface area contributed by atoms with Crippen molar-refractivity contribution < 1.29 is 19.4 Å². The van der Waals surface area contributed by atoms with Crippen molar-refractivity contribution in [1.29, 1.82) is 0 Å². The average Bonchev–Trinajstić information content (AvgIpc) is 3.05. The van der Waals surface area contributed by atoms with Crippen molar-refractivity contribution >= 4 is 29.1 Å². The lowest BCUT2D eigenvalue weighted by Gasteiger charge is -2.25. The van der Waals surface area contributed by atoms with Crippen LogP contribution in [0.5, 0.6) is 5.75 Å². The van der Waals surface area contributed by atoms with E-state index >= 15 is 0 Å². The van der Waals surface area contributed by atoms with Crippen molar-refractivity contribution in [2.45, 2.75) is 19.5 Å². The number of hydrogen-bond donors (Lipinski definition) is 1. The van der Waals surface area contributed by atoms with Crippen molar-refractivity contribution in [2.24, 2.45) is 0 Å². The van der Waals surface area contributed by atoms with Crippen LogP contribution < -0.4 is 4.74 Å². The van der Waals surface area contributed by atoms with E-state index in [-0.39, 0.29) is 17.9 Å². The van der Waals surface area contributed by atoms with Gasteiger partial charge in [-0.25, -0.2) is 0 Å².